The Hall–Kier alpha value is -0.180. The van der Waals surface area contributed by atoms with E-state index in [1.54, 1.807) is 0 Å². The van der Waals surface area contributed by atoms with Gasteiger partial charge in [-0.2, -0.15) is 12.6 Å². The molecule has 0 aromatic rings. The predicted octanol–water partition coefficient (Wildman–Crippen LogP) is 3.51. The van der Waals surface area contributed by atoms with Crippen LogP contribution < -0.4 is 0 Å². The maximum Gasteiger partial charge on any atom is 0.223 e. The average Bonchev–Trinajstić information content (AvgIpc) is 3.09. The number of carbonyl (C=O) groups is 1. The minimum Gasteiger partial charge on any atom is -0.340 e. The summed E-state index contributed by atoms with van der Waals surface area (Å²) in [6.45, 7) is 7.42. The smallest absolute Gasteiger partial charge is 0.223 e. The monoisotopic (exact) mass is 257 g/mol. The molecule has 100 valence electrons. The number of nitrogens with zero attached hydrogens (tertiary/aromatic N) is 1. The van der Waals surface area contributed by atoms with E-state index in [0.717, 1.165) is 31.6 Å². The minimum atomic E-state index is 0.248. The molecule has 1 saturated carbocycles. The molecular weight excluding hydrogens is 230 g/mol. The molecular formula is C14H27NOS. The SMILES string of the molecule is CCCCN(C(=O)CC1(CS)CC1)C(C)CC. The molecule has 17 heavy (non-hydrogen) atoms. The quantitative estimate of drug-likeness (QED) is 0.660. The summed E-state index contributed by atoms with van der Waals surface area (Å²) >= 11 is 4.38. The summed E-state index contributed by atoms with van der Waals surface area (Å²) in [4.78, 5) is 14.4. The highest BCUT2D eigenvalue weighted by Gasteiger charge is 2.43. The molecule has 1 rings (SSSR count). The van der Waals surface area contributed by atoms with Crippen molar-refractivity contribution in [3.63, 3.8) is 0 Å². The van der Waals surface area contributed by atoms with Crippen LogP contribution >= 0.6 is 12.6 Å². The van der Waals surface area contributed by atoms with E-state index in [1.807, 2.05) is 0 Å². The van der Waals surface area contributed by atoms with Gasteiger partial charge in [-0.1, -0.05) is 20.3 Å². The maximum atomic E-state index is 12.4. The molecule has 0 spiro atoms. The Morgan fingerprint density at radius 1 is 1.41 bits per heavy atom. The van der Waals surface area contributed by atoms with Gasteiger partial charge in [0.15, 0.2) is 0 Å². The van der Waals surface area contributed by atoms with Crippen LogP contribution in [0.3, 0.4) is 0 Å². The molecule has 1 fully saturated rings. The molecule has 0 heterocycles. The Balaban J connectivity index is 2.52. The summed E-state index contributed by atoms with van der Waals surface area (Å²) in [6, 6.07) is 0.379. The summed E-state index contributed by atoms with van der Waals surface area (Å²) < 4.78 is 0. The Labute approximate surface area is 112 Å². The van der Waals surface area contributed by atoms with Crippen LogP contribution in [0.4, 0.5) is 0 Å². The van der Waals surface area contributed by atoms with E-state index >= 15 is 0 Å². The van der Waals surface area contributed by atoms with Gasteiger partial charge in [0.2, 0.25) is 5.91 Å². The average molecular weight is 257 g/mol. The molecule has 0 aliphatic heterocycles. The molecule has 3 heteroatoms. The van der Waals surface area contributed by atoms with Gasteiger partial charge in [-0.25, -0.2) is 0 Å². The van der Waals surface area contributed by atoms with Crippen molar-refractivity contribution in [1.82, 2.24) is 4.90 Å². The summed E-state index contributed by atoms with van der Waals surface area (Å²) in [5.74, 6) is 1.21. The van der Waals surface area contributed by atoms with Crippen LogP contribution in [0, 0.1) is 5.41 Å². The third-order valence-corrected chi connectivity index (χ3v) is 4.69. The molecule has 0 aromatic heterocycles. The van der Waals surface area contributed by atoms with E-state index in [9.17, 15) is 4.79 Å². The summed E-state index contributed by atoms with van der Waals surface area (Å²) in [5, 5.41) is 0. The second-order valence-electron chi connectivity index (χ2n) is 5.53. The largest absolute Gasteiger partial charge is 0.340 e. The zero-order valence-corrected chi connectivity index (χ0v) is 12.4. The van der Waals surface area contributed by atoms with Crippen molar-refractivity contribution >= 4 is 18.5 Å². The van der Waals surface area contributed by atoms with E-state index in [2.05, 4.69) is 38.3 Å². The van der Waals surface area contributed by atoms with Crippen molar-refractivity contribution in [1.29, 1.82) is 0 Å². The number of hydrogen-bond donors (Lipinski definition) is 1. The fourth-order valence-electron chi connectivity index (χ4n) is 2.13. The number of carbonyl (C=O) groups excluding carboxylic acids is 1. The van der Waals surface area contributed by atoms with Crippen LogP contribution in [0.25, 0.3) is 0 Å². The number of rotatable bonds is 8. The maximum absolute atomic E-state index is 12.4. The zero-order valence-electron chi connectivity index (χ0n) is 11.5. The van der Waals surface area contributed by atoms with E-state index in [4.69, 9.17) is 0 Å². The van der Waals surface area contributed by atoms with Crippen LogP contribution in [0.2, 0.25) is 0 Å². The molecule has 1 amide bonds. The Morgan fingerprint density at radius 3 is 2.47 bits per heavy atom. The van der Waals surface area contributed by atoms with E-state index in [-0.39, 0.29) is 5.41 Å². The van der Waals surface area contributed by atoms with E-state index < -0.39 is 0 Å². The van der Waals surface area contributed by atoms with Crippen molar-refractivity contribution in [2.75, 3.05) is 12.3 Å². The van der Waals surface area contributed by atoms with Crippen LogP contribution in [0.5, 0.6) is 0 Å². The lowest BCUT2D eigenvalue weighted by molar-refractivity contribution is -0.134. The summed E-state index contributed by atoms with van der Waals surface area (Å²) in [7, 11) is 0. The molecule has 1 aliphatic rings. The fraction of sp³-hybridized carbons (Fsp3) is 0.929. The third kappa shape index (κ3) is 4.20. The van der Waals surface area contributed by atoms with Crippen molar-refractivity contribution < 1.29 is 4.79 Å². The van der Waals surface area contributed by atoms with Gasteiger partial charge in [-0.15, -0.1) is 0 Å². The Morgan fingerprint density at radius 2 is 2.06 bits per heavy atom. The lowest BCUT2D eigenvalue weighted by Crippen LogP contribution is -2.40. The molecule has 0 saturated heterocycles. The second kappa shape index (κ2) is 6.67. The van der Waals surface area contributed by atoms with Gasteiger partial charge in [0.25, 0.3) is 0 Å². The van der Waals surface area contributed by atoms with Crippen LogP contribution in [0.15, 0.2) is 0 Å². The Kier molecular flexibility index (Phi) is 5.84. The first-order valence-corrected chi connectivity index (χ1v) is 7.62. The third-order valence-electron chi connectivity index (χ3n) is 4.01. The minimum absolute atomic E-state index is 0.248. The van der Waals surface area contributed by atoms with Crippen LogP contribution in [0.1, 0.15) is 59.3 Å². The summed E-state index contributed by atoms with van der Waals surface area (Å²) in [6.07, 6.45) is 6.39. The standard InChI is InChI=1S/C14H27NOS/c1-4-6-9-15(12(3)5-2)13(16)10-14(11-17)7-8-14/h12,17H,4-11H2,1-3H3. The van der Waals surface area contributed by atoms with Gasteiger partial charge < -0.3 is 4.90 Å². The molecule has 1 aliphatic carbocycles. The highest BCUT2D eigenvalue weighted by molar-refractivity contribution is 7.80. The van der Waals surface area contributed by atoms with Gasteiger partial charge in [-0.3, -0.25) is 4.79 Å². The first kappa shape index (κ1) is 14.9. The van der Waals surface area contributed by atoms with Gasteiger partial charge in [0.1, 0.15) is 0 Å². The van der Waals surface area contributed by atoms with Gasteiger partial charge >= 0.3 is 0 Å². The number of amides is 1. The highest BCUT2D eigenvalue weighted by Crippen LogP contribution is 2.49. The molecule has 0 radical (unpaired) electrons. The van der Waals surface area contributed by atoms with Crippen molar-refractivity contribution in [2.24, 2.45) is 5.41 Å². The van der Waals surface area contributed by atoms with Gasteiger partial charge in [0, 0.05) is 19.0 Å². The molecule has 0 aromatic carbocycles. The van der Waals surface area contributed by atoms with Crippen molar-refractivity contribution in [3.05, 3.63) is 0 Å². The lowest BCUT2D eigenvalue weighted by atomic mass is 10.0. The molecule has 1 unspecified atom stereocenters. The van der Waals surface area contributed by atoms with Gasteiger partial charge in [-0.05, 0) is 43.8 Å². The highest BCUT2D eigenvalue weighted by atomic mass is 32.1. The fourth-order valence-corrected chi connectivity index (χ4v) is 2.56. The van der Waals surface area contributed by atoms with Crippen LogP contribution in [-0.2, 0) is 4.79 Å². The Bertz CT molecular complexity index is 251. The zero-order chi connectivity index (χ0) is 12.9. The first-order chi connectivity index (χ1) is 8.08. The normalized spacial score (nSPS) is 18.8. The predicted molar refractivity (Wildman–Crippen MR) is 76.5 cm³/mol. The molecule has 0 N–H and O–H groups in total. The van der Waals surface area contributed by atoms with Crippen molar-refractivity contribution in [3.8, 4) is 0 Å². The molecule has 1 atom stereocenters. The van der Waals surface area contributed by atoms with Crippen molar-refractivity contribution in [2.45, 2.75) is 65.3 Å². The van der Waals surface area contributed by atoms with Crippen LogP contribution in [-0.4, -0.2) is 29.1 Å². The number of unbranched alkanes of at least 4 members (excludes halogenated alkanes) is 1. The van der Waals surface area contributed by atoms with Gasteiger partial charge in [0.05, 0.1) is 0 Å². The molecule has 0 bridgehead atoms. The first-order valence-electron chi connectivity index (χ1n) is 6.99. The van der Waals surface area contributed by atoms with E-state index in [1.165, 1.54) is 12.8 Å². The topological polar surface area (TPSA) is 20.3 Å². The number of hydrogen-bond acceptors (Lipinski definition) is 2. The summed E-state index contributed by atoms with van der Waals surface area (Å²) in [5.41, 5.74) is 0.248. The molecule has 2 nitrogen and oxygen atoms in total. The van der Waals surface area contributed by atoms with E-state index in [0.29, 0.717) is 18.4 Å². The second-order valence-corrected chi connectivity index (χ2v) is 5.85. The number of thiol groups is 1. The lowest BCUT2D eigenvalue weighted by Gasteiger charge is -2.30.